The van der Waals surface area contributed by atoms with Crippen molar-refractivity contribution in [3.63, 3.8) is 0 Å². The van der Waals surface area contributed by atoms with E-state index in [1.807, 2.05) is 6.07 Å². The lowest BCUT2D eigenvalue weighted by molar-refractivity contribution is 0.0940. The summed E-state index contributed by atoms with van der Waals surface area (Å²) in [4.78, 5) is 20.6. The molecule has 3 aromatic rings. The van der Waals surface area contributed by atoms with Crippen LogP contribution in [0.25, 0.3) is 11.1 Å². The van der Waals surface area contributed by atoms with E-state index in [0.717, 1.165) is 12.1 Å². The normalized spacial score (nSPS) is 11.8. The Labute approximate surface area is 143 Å². The summed E-state index contributed by atoms with van der Waals surface area (Å²) >= 11 is 0. The number of rotatable bonds is 4. The highest BCUT2D eigenvalue weighted by atomic mass is 19.2. The van der Waals surface area contributed by atoms with Crippen LogP contribution in [0.2, 0.25) is 0 Å². The van der Waals surface area contributed by atoms with Gasteiger partial charge < -0.3 is 5.32 Å². The highest BCUT2D eigenvalue weighted by molar-refractivity contribution is 6.00. The minimum absolute atomic E-state index is 0.323. The maximum absolute atomic E-state index is 13.4. The van der Waals surface area contributed by atoms with Gasteiger partial charge in [-0.3, -0.25) is 4.79 Å². The Balaban J connectivity index is 1.85. The molecular formula is C19H15F2N3O. The van der Waals surface area contributed by atoms with Crippen molar-refractivity contribution in [3.8, 4) is 11.1 Å². The summed E-state index contributed by atoms with van der Waals surface area (Å²) < 4.78 is 26.4. The first-order valence-electron chi connectivity index (χ1n) is 7.66. The molecule has 3 rings (SSSR count). The van der Waals surface area contributed by atoms with Crippen LogP contribution in [0.3, 0.4) is 0 Å². The molecule has 1 amide bonds. The fourth-order valence-electron chi connectivity index (χ4n) is 2.51. The van der Waals surface area contributed by atoms with Crippen LogP contribution >= 0.6 is 0 Å². The lowest BCUT2D eigenvalue weighted by Gasteiger charge is -2.16. The first-order valence-corrected chi connectivity index (χ1v) is 7.66. The zero-order chi connectivity index (χ0) is 17.8. The van der Waals surface area contributed by atoms with Gasteiger partial charge in [-0.15, -0.1) is 0 Å². The smallest absolute Gasteiger partial charge is 0.252 e. The van der Waals surface area contributed by atoms with Crippen molar-refractivity contribution in [3.05, 3.63) is 83.9 Å². The van der Waals surface area contributed by atoms with Gasteiger partial charge in [-0.05, 0) is 36.2 Å². The predicted molar refractivity (Wildman–Crippen MR) is 89.7 cm³/mol. The van der Waals surface area contributed by atoms with Gasteiger partial charge in [0.1, 0.15) is 6.33 Å². The van der Waals surface area contributed by atoms with E-state index < -0.39 is 17.7 Å². The molecule has 0 saturated heterocycles. The molecular weight excluding hydrogens is 324 g/mol. The molecule has 0 bridgehead atoms. The summed E-state index contributed by atoms with van der Waals surface area (Å²) in [5, 5.41) is 2.80. The number of nitrogens with zero attached hydrogens (tertiary/aromatic N) is 2. The first kappa shape index (κ1) is 16.7. The molecule has 6 heteroatoms. The molecule has 1 aromatic heterocycles. The van der Waals surface area contributed by atoms with Crippen LogP contribution in [0.1, 0.15) is 28.9 Å². The average molecular weight is 339 g/mol. The van der Waals surface area contributed by atoms with Crippen molar-refractivity contribution in [1.29, 1.82) is 0 Å². The van der Waals surface area contributed by atoms with Gasteiger partial charge in [0.05, 0.1) is 6.04 Å². The molecule has 0 saturated carbocycles. The molecule has 0 aliphatic carbocycles. The average Bonchev–Trinajstić information content (AvgIpc) is 2.64. The minimum Gasteiger partial charge on any atom is -0.345 e. The number of hydrogen-bond acceptors (Lipinski definition) is 3. The third-order valence-electron chi connectivity index (χ3n) is 3.83. The van der Waals surface area contributed by atoms with E-state index in [0.29, 0.717) is 22.3 Å². The summed E-state index contributed by atoms with van der Waals surface area (Å²) in [6.07, 6.45) is 4.66. The van der Waals surface area contributed by atoms with Gasteiger partial charge in [-0.1, -0.05) is 24.3 Å². The second-order valence-electron chi connectivity index (χ2n) is 5.54. The quantitative estimate of drug-likeness (QED) is 0.784. The Kier molecular flexibility index (Phi) is 4.79. The van der Waals surface area contributed by atoms with Crippen LogP contribution < -0.4 is 5.32 Å². The van der Waals surface area contributed by atoms with Crippen molar-refractivity contribution in [2.24, 2.45) is 0 Å². The van der Waals surface area contributed by atoms with Crippen molar-refractivity contribution >= 4 is 5.91 Å². The van der Waals surface area contributed by atoms with Crippen molar-refractivity contribution in [2.45, 2.75) is 13.0 Å². The van der Waals surface area contributed by atoms with Crippen LogP contribution in [0.15, 0.2) is 61.2 Å². The Morgan fingerprint density at radius 1 is 1.04 bits per heavy atom. The highest BCUT2D eigenvalue weighted by Gasteiger charge is 2.16. The summed E-state index contributed by atoms with van der Waals surface area (Å²) in [6, 6.07) is 10.1. The summed E-state index contributed by atoms with van der Waals surface area (Å²) in [5.74, 6) is -2.19. The number of carbonyl (C=O) groups is 1. The van der Waals surface area contributed by atoms with Gasteiger partial charge in [0, 0.05) is 23.5 Å². The van der Waals surface area contributed by atoms with Crippen LogP contribution in [0.4, 0.5) is 8.78 Å². The minimum atomic E-state index is -0.944. The molecule has 0 spiro atoms. The third kappa shape index (κ3) is 3.68. The summed E-state index contributed by atoms with van der Waals surface area (Å²) in [7, 11) is 0. The van der Waals surface area contributed by atoms with Crippen molar-refractivity contribution in [1.82, 2.24) is 15.3 Å². The van der Waals surface area contributed by atoms with E-state index in [4.69, 9.17) is 0 Å². The van der Waals surface area contributed by atoms with E-state index in [-0.39, 0.29) is 5.91 Å². The lowest BCUT2D eigenvalue weighted by atomic mass is 10.0. The van der Waals surface area contributed by atoms with Gasteiger partial charge in [0.2, 0.25) is 0 Å². The molecule has 4 nitrogen and oxygen atoms in total. The van der Waals surface area contributed by atoms with Gasteiger partial charge >= 0.3 is 0 Å². The Bertz CT molecular complexity index is 900. The fraction of sp³-hybridized carbons (Fsp3) is 0.105. The maximum Gasteiger partial charge on any atom is 0.252 e. The maximum atomic E-state index is 13.4. The molecule has 1 atom stereocenters. The van der Waals surface area contributed by atoms with Gasteiger partial charge in [-0.25, -0.2) is 18.7 Å². The van der Waals surface area contributed by atoms with E-state index >= 15 is 0 Å². The number of carbonyl (C=O) groups excluding carboxylic acids is 1. The van der Waals surface area contributed by atoms with Crippen molar-refractivity contribution < 1.29 is 13.6 Å². The Morgan fingerprint density at radius 3 is 2.48 bits per heavy atom. The molecule has 0 aliphatic heterocycles. The molecule has 1 unspecified atom stereocenters. The number of hydrogen-bond donors (Lipinski definition) is 1. The SMILES string of the molecule is CC(NC(=O)c1ccccc1-c1cncnc1)c1ccc(F)c(F)c1. The molecule has 126 valence electrons. The molecule has 1 heterocycles. The standard InChI is InChI=1S/C19H15F2N3O/c1-12(13-6-7-17(20)18(21)8-13)24-19(25)16-5-3-2-4-15(16)14-9-22-11-23-10-14/h2-12H,1H3,(H,24,25). The fourth-order valence-corrected chi connectivity index (χ4v) is 2.51. The van der Waals surface area contributed by atoms with Gasteiger partial charge in [-0.2, -0.15) is 0 Å². The van der Waals surface area contributed by atoms with Crippen LogP contribution in [0.5, 0.6) is 0 Å². The molecule has 0 fully saturated rings. The van der Waals surface area contributed by atoms with Crippen LogP contribution in [-0.4, -0.2) is 15.9 Å². The van der Waals surface area contributed by atoms with Gasteiger partial charge in [0.15, 0.2) is 11.6 Å². The Hall–Kier alpha value is -3.15. The first-order chi connectivity index (χ1) is 12.1. The van der Waals surface area contributed by atoms with E-state index in [9.17, 15) is 13.6 Å². The van der Waals surface area contributed by atoms with Crippen LogP contribution in [-0.2, 0) is 0 Å². The van der Waals surface area contributed by atoms with E-state index in [1.165, 1.54) is 12.4 Å². The van der Waals surface area contributed by atoms with E-state index in [1.54, 1.807) is 37.5 Å². The molecule has 0 aliphatic rings. The topological polar surface area (TPSA) is 54.9 Å². The summed E-state index contributed by atoms with van der Waals surface area (Å²) in [5.41, 5.74) is 2.34. The zero-order valence-corrected chi connectivity index (χ0v) is 13.4. The molecule has 1 N–H and O–H groups in total. The third-order valence-corrected chi connectivity index (χ3v) is 3.83. The van der Waals surface area contributed by atoms with Crippen LogP contribution in [0, 0.1) is 11.6 Å². The number of amides is 1. The molecule has 2 aromatic carbocycles. The van der Waals surface area contributed by atoms with Gasteiger partial charge in [0.25, 0.3) is 5.91 Å². The number of benzene rings is 2. The largest absolute Gasteiger partial charge is 0.345 e. The lowest BCUT2D eigenvalue weighted by Crippen LogP contribution is -2.27. The highest BCUT2D eigenvalue weighted by Crippen LogP contribution is 2.23. The Morgan fingerprint density at radius 2 is 1.76 bits per heavy atom. The molecule has 0 radical (unpaired) electrons. The number of aromatic nitrogens is 2. The number of nitrogens with one attached hydrogen (secondary N) is 1. The molecule has 25 heavy (non-hydrogen) atoms. The zero-order valence-electron chi connectivity index (χ0n) is 13.4. The van der Waals surface area contributed by atoms with Crippen molar-refractivity contribution in [2.75, 3.05) is 0 Å². The summed E-state index contributed by atoms with van der Waals surface area (Å²) in [6.45, 7) is 1.71. The second kappa shape index (κ2) is 7.17. The monoisotopic (exact) mass is 339 g/mol. The second-order valence-corrected chi connectivity index (χ2v) is 5.54. The van der Waals surface area contributed by atoms with E-state index in [2.05, 4.69) is 15.3 Å². The number of halogens is 2. The predicted octanol–water partition coefficient (Wildman–Crippen LogP) is 3.91.